The van der Waals surface area contributed by atoms with Crippen molar-refractivity contribution in [3.63, 3.8) is 0 Å². The van der Waals surface area contributed by atoms with Gasteiger partial charge >= 0.3 is 5.97 Å². The van der Waals surface area contributed by atoms with E-state index in [1.807, 2.05) is 17.0 Å². The lowest BCUT2D eigenvalue weighted by atomic mass is 9.81. The molecule has 5 rings (SSSR count). The van der Waals surface area contributed by atoms with Crippen molar-refractivity contribution in [2.45, 2.75) is 54.8 Å². The van der Waals surface area contributed by atoms with Gasteiger partial charge in [0.15, 0.2) is 0 Å². The number of rotatable bonds is 8. The molecule has 3 heterocycles. The van der Waals surface area contributed by atoms with Gasteiger partial charge in [-0.1, -0.05) is 71.1 Å². The standard InChI is InChI=1S/C30H34IN3O3/c31-27(19-26-10-9-22-6-3-13-32-29(22)33-26)30(37)34-14-11-20(12-15-34)16-25(18-28(35)36)24-8-7-21-4-1-2-5-23(21)17-24/h1-2,4-5,7-10,17,20,25,27H,3,6,11-16,18-19H2,(H,32,33)(H,35,36). The van der Waals surface area contributed by atoms with Gasteiger partial charge in [0.2, 0.25) is 5.91 Å². The summed E-state index contributed by atoms with van der Waals surface area (Å²) in [5, 5.41) is 15.3. The number of alkyl halides is 1. The number of anilines is 1. The Kier molecular flexibility index (Phi) is 8.27. The average Bonchev–Trinajstić information content (AvgIpc) is 2.92. The average molecular weight is 612 g/mol. The molecular formula is C30H34IN3O3. The van der Waals surface area contributed by atoms with Crippen LogP contribution >= 0.6 is 22.6 Å². The van der Waals surface area contributed by atoms with E-state index in [9.17, 15) is 14.7 Å². The molecule has 3 aromatic rings. The fourth-order valence-corrected chi connectivity index (χ4v) is 6.60. The maximum absolute atomic E-state index is 13.2. The molecule has 2 N–H and O–H groups in total. The first kappa shape index (κ1) is 25.9. The number of nitrogens with one attached hydrogen (secondary N) is 1. The van der Waals surface area contributed by atoms with Crippen LogP contribution in [0, 0.1) is 5.92 Å². The van der Waals surface area contributed by atoms with Crippen molar-refractivity contribution in [2.24, 2.45) is 5.92 Å². The number of piperidine rings is 1. The number of fused-ring (bicyclic) bond motifs is 2. The molecule has 1 fully saturated rings. The predicted octanol–water partition coefficient (Wildman–Crippen LogP) is 5.83. The molecule has 2 aromatic carbocycles. The van der Waals surface area contributed by atoms with Gasteiger partial charge in [-0.3, -0.25) is 9.59 Å². The number of aliphatic carboxylic acids is 1. The van der Waals surface area contributed by atoms with Crippen LogP contribution in [0.5, 0.6) is 0 Å². The van der Waals surface area contributed by atoms with Crippen molar-refractivity contribution < 1.29 is 14.7 Å². The van der Waals surface area contributed by atoms with Gasteiger partial charge < -0.3 is 15.3 Å². The van der Waals surface area contributed by atoms with Gasteiger partial charge in [0, 0.05) is 31.7 Å². The van der Waals surface area contributed by atoms with Crippen molar-refractivity contribution in [3.05, 3.63) is 71.4 Å². The number of likely N-dealkylation sites (tertiary alicyclic amines) is 1. The van der Waals surface area contributed by atoms with E-state index in [4.69, 9.17) is 4.98 Å². The molecule has 1 saturated heterocycles. The number of amides is 1. The monoisotopic (exact) mass is 611 g/mol. The smallest absolute Gasteiger partial charge is 0.303 e. The SMILES string of the molecule is O=C(O)CC(CC1CCN(C(=O)C(I)Cc2ccc3c(n2)NCCC3)CC1)c1ccc2ccccc2c1. The zero-order valence-electron chi connectivity index (χ0n) is 21.0. The van der Waals surface area contributed by atoms with Crippen LogP contribution in [0.3, 0.4) is 0 Å². The van der Waals surface area contributed by atoms with Crippen LogP contribution in [0.4, 0.5) is 5.82 Å². The van der Waals surface area contributed by atoms with Crippen molar-refractivity contribution in [3.8, 4) is 0 Å². The summed E-state index contributed by atoms with van der Waals surface area (Å²) in [5.41, 5.74) is 3.32. The number of benzene rings is 2. The van der Waals surface area contributed by atoms with Crippen molar-refractivity contribution >= 4 is 51.1 Å². The number of halogens is 1. The van der Waals surface area contributed by atoms with Gasteiger partial charge in [-0.25, -0.2) is 4.98 Å². The molecule has 0 aliphatic carbocycles. The molecule has 1 aromatic heterocycles. The Labute approximate surface area is 232 Å². The first-order valence-electron chi connectivity index (χ1n) is 13.3. The Hall–Kier alpha value is -2.68. The second kappa shape index (κ2) is 11.8. The van der Waals surface area contributed by atoms with E-state index in [0.29, 0.717) is 12.3 Å². The lowest BCUT2D eigenvalue weighted by Crippen LogP contribution is -2.43. The Balaban J connectivity index is 1.17. The van der Waals surface area contributed by atoms with E-state index in [1.165, 1.54) is 10.9 Å². The Morgan fingerprint density at radius 2 is 1.86 bits per heavy atom. The van der Waals surface area contributed by atoms with Crippen molar-refractivity contribution in [2.75, 3.05) is 25.0 Å². The van der Waals surface area contributed by atoms with Crippen LogP contribution in [0.25, 0.3) is 10.8 Å². The second-order valence-corrected chi connectivity index (χ2v) is 11.9. The molecule has 2 aliphatic rings. The molecule has 37 heavy (non-hydrogen) atoms. The first-order chi connectivity index (χ1) is 18.0. The van der Waals surface area contributed by atoms with E-state index >= 15 is 0 Å². The van der Waals surface area contributed by atoms with Crippen molar-refractivity contribution in [1.82, 2.24) is 9.88 Å². The summed E-state index contributed by atoms with van der Waals surface area (Å²) in [7, 11) is 0. The maximum Gasteiger partial charge on any atom is 0.303 e. The number of hydrogen-bond acceptors (Lipinski definition) is 4. The summed E-state index contributed by atoms with van der Waals surface area (Å²) in [6.07, 6.45) is 5.64. The highest BCUT2D eigenvalue weighted by molar-refractivity contribution is 14.1. The normalized spacial score (nSPS) is 17.6. The summed E-state index contributed by atoms with van der Waals surface area (Å²) in [5.74, 6) is 0.798. The topological polar surface area (TPSA) is 82.5 Å². The third kappa shape index (κ3) is 6.43. The summed E-state index contributed by atoms with van der Waals surface area (Å²) < 4.78 is -0.138. The molecule has 7 heteroatoms. The molecule has 194 valence electrons. The summed E-state index contributed by atoms with van der Waals surface area (Å²) in [4.78, 5) is 31.6. The second-order valence-electron chi connectivity index (χ2n) is 10.4. The molecule has 2 aliphatic heterocycles. The lowest BCUT2D eigenvalue weighted by molar-refractivity contribution is -0.137. The van der Waals surface area contributed by atoms with E-state index in [-0.39, 0.29) is 22.2 Å². The molecule has 0 spiro atoms. The van der Waals surface area contributed by atoms with Gasteiger partial charge in [-0.2, -0.15) is 0 Å². The molecule has 0 radical (unpaired) electrons. The molecule has 0 bridgehead atoms. The fraction of sp³-hybridized carbons (Fsp3) is 0.433. The zero-order chi connectivity index (χ0) is 25.8. The summed E-state index contributed by atoms with van der Waals surface area (Å²) in [6.45, 7) is 2.43. The Bertz CT molecular complexity index is 1270. The van der Waals surface area contributed by atoms with Crippen LogP contribution in [-0.2, 0) is 22.4 Å². The van der Waals surface area contributed by atoms with E-state index in [2.05, 4.69) is 70.4 Å². The van der Waals surface area contributed by atoms with Crippen LogP contribution < -0.4 is 5.32 Å². The number of hydrogen-bond donors (Lipinski definition) is 2. The quantitative estimate of drug-likeness (QED) is 0.248. The summed E-state index contributed by atoms with van der Waals surface area (Å²) in [6, 6.07) is 18.7. The van der Waals surface area contributed by atoms with Crippen LogP contribution in [0.1, 0.15) is 54.8 Å². The largest absolute Gasteiger partial charge is 0.481 e. The number of pyridine rings is 1. The van der Waals surface area contributed by atoms with Gasteiger partial charge in [0.05, 0.1) is 10.3 Å². The van der Waals surface area contributed by atoms with E-state index < -0.39 is 5.97 Å². The number of aryl methyl sites for hydroxylation is 1. The summed E-state index contributed by atoms with van der Waals surface area (Å²) >= 11 is 2.27. The first-order valence-corrected chi connectivity index (χ1v) is 14.6. The number of carbonyl (C=O) groups excluding carboxylic acids is 1. The van der Waals surface area contributed by atoms with Gasteiger partial charge in [0.1, 0.15) is 5.82 Å². The van der Waals surface area contributed by atoms with Crippen LogP contribution in [0.2, 0.25) is 0 Å². The highest BCUT2D eigenvalue weighted by Crippen LogP contribution is 2.34. The van der Waals surface area contributed by atoms with Crippen LogP contribution in [0.15, 0.2) is 54.6 Å². The Morgan fingerprint density at radius 1 is 1.08 bits per heavy atom. The third-order valence-corrected chi connectivity index (χ3v) is 8.79. The minimum atomic E-state index is -0.760. The minimum absolute atomic E-state index is 0.0182. The number of carbonyl (C=O) groups is 2. The number of carboxylic acids is 1. The maximum atomic E-state index is 13.2. The number of aromatic nitrogens is 1. The fourth-order valence-electron chi connectivity index (χ4n) is 5.75. The highest BCUT2D eigenvalue weighted by Gasteiger charge is 2.29. The van der Waals surface area contributed by atoms with E-state index in [0.717, 1.165) is 74.2 Å². The van der Waals surface area contributed by atoms with Crippen LogP contribution in [-0.4, -0.2) is 50.4 Å². The van der Waals surface area contributed by atoms with Gasteiger partial charge in [-0.15, -0.1) is 0 Å². The van der Waals surface area contributed by atoms with E-state index in [1.54, 1.807) is 0 Å². The predicted molar refractivity (Wildman–Crippen MR) is 155 cm³/mol. The number of carboxylic acid groups (broad SMARTS) is 1. The molecule has 2 unspecified atom stereocenters. The lowest BCUT2D eigenvalue weighted by Gasteiger charge is -2.34. The molecule has 0 saturated carbocycles. The minimum Gasteiger partial charge on any atom is -0.481 e. The third-order valence-electron chi connectivity index (χ3n) is 7.82. The zero-order valence-corrected chi connectivity index (χ0v) is 23.2. The number of nitrogens with zero attached hydrogens (tertiary/aromatic N) is 2. The van der Waals surface area contributed by atoms with Gasteiger partial charge in [-0.05, 0) is 71.9 Å². The Morgan fingerprint density at radius 3 is 2.65 bits per heavy atom. The highest BCUT2D eigenvalue weighted by atomic mass is 127. The molecule has 2 atom stereocenters. The molecule has 1 amide bonds. The van der Waals surface area contributed by atoms with Crippen molar-refractivity contribution in [1.29, 1.82) is 0 Å². The van der Waals surface area contributed by atoms with Gasteiger partial charge in [0.25, 0.3) is 0 Å². The molecular weight excluding hydrogens is 577 g/mol. The molecule has 6 nitrogen and oxygen atoms in total.